The van der Waals surface area contributed by atoms with Gasteiger partial charge in [-0.25, -0.2) is 0 Å². The Balaban J connectivity index is 0.919. The molecule has 18 atom stereocenters. The van der Waals surface area contributed by atoms with Gasteiger partial charge in [0.2, 0.25) is 0 Å². The van der Waals surface area contributed by atoms with Crippen molar-refractivity contribution in [2.45, 2.75) is 131 Å². The van der Waals surface area contributed by atoms with E-state index in [4.69, 9.17) is 71.1 Å². The first-order valence-corrected chi connectivity index (χ1v) is 26.4. The van der Waals surface area contributed by atoms with Crippen LogP contribution in [-0.2, 0) is 90.9 Å². The summed E-state index contributed by atoms with van der Waals surface area (Å²) in [6, 6.07) is 58.4. The number of rotatable bonds is 17. The van der Waals surface area contributed by atoms with E-state index < -0.39 is 111 Å². The van der Waals surface area contributed by atoms with Gasteiger partial charge in [0.1, 0.15) is 73.2 Å². The number of fused-ring (bicyclic) bond motifs is 3. The fourth-order valence-electron chi connectivity index (χ4n) is 10.9. The molecule has 16 nitrogen and oxygen atoms in total. The van der Waals surface area contributed by atoms with Crippen LogP contribution >= 0.6 is 0 Å². The zero-order chi connectivity index (χ0) is 51.9. The van der Waals surface area contributed by atoms with Crippen LogP contribution in [0.1, 0.15) is 52.3 Å². The van der Waals surface area contributed by atoms with Crippen LogP contribution < -0.4 is 0 Å². The van der Waals surface area contributed by atoms with Gasteiger partial charge in [-0.3, -0.25) is 0 Å². The van der Waals surface area contributed by atoms with Gasteiger partial charge in [-0.15, -0.1) is 0 Å². The van der Waals surface area contributed by atoms with E-state index >= 15 is 0 Å². The van der Waals surface area contributed by atoms with Gasteiger partial charge in [0.25, 0.3) is 0 Å². The summed E-state index contributed by atoms with van der Waals surface area (Å²) in [6.45, 7) is 0.802. The summed E-state index contributed by atoms with van der Waals surface area (Å²) < 4.78 is 102. The highest BCUT2D eigenvalue weighted by Gasteiger charge is 2.59. The highest BCUT2D eigenvalue weighted by Crippen LogP contribution is 2.44. The van der Waals surface area contributed by atoms with E-state index in [-0.39, 0.29) is 39.6 Å². The summed E-state index contributed by atoms with van der Waals surface area (Å²) in [5.74, 6) is 0. The quantitative estimate of drug-likeness (QED) is 0.0935. The molecule has 0 saturated carbocycles. The van der Waals surface area contributed by atoms with Gasteiger partial charge in [-0.1, -0.05) is 182 Å². The monoisotopic (exact) mass is 1050 g/mol. The third-order valence-electron chi connectivity index (χ3n) is 14.8. The minimum Gasteiger partial charge on any atom is -0.387 e. The summed E-state index contributed by atoms with van der Waals surface area (Å²) in [6.07, 6.45) is -16.6. The fourth-order valence-corrected chi connectivity index (χ4v) is 10.9. The molecule has 6 fully saturated rings. The van der Waals surface area contributed by atoms with Crippen molar-refractivity contribution in [3.63, 3.8) is 0 Å². The average molecular weight is 1050 g/mol. The fraction of sp³-hybridized carbons (Fsp3) is 0.410. The molecule has 6 aliphatic heterocycles. The third kappa shape index (κ3) is 12.0. The van der Waals surface area contributed by atoms with Crippen molar-refractivity contribution in [1.29, 1.82) is 0 Å². The van der Waals surface area contributed by atoms with E-state index in [1.165, 1.54) is 0 Å². The summed E-state index contributed by atoms with van der Waals surface area (Å²) in [5.41, 5.74) is 5.13. The van der Waals surface area contributed by atoms with Crippen LogP contribution in [0.3, 0.4) is 0 Å². The van der Waals surface area contributed by atoms with Gasteiger partial charge in [-0.05, 0) is 16.7 Å². The van der Waals surface area contributed by atoms with E-state index in [1.54, 1.807) is 7.11 Å². The molecule has 77 heavy (non-hydrogen) atoms. The topological polar surface area (TPSA) is 159 Å². The Morgan fingerprint density at radius 3 is 1.06 bits per heavy atom. The van der Waals surface area contributed by atoms with Crippen LogP contribution in [0, 0.1) is 0 Å². The van der Waals surface area contributed by atoms with Crippen LogP contribution in [0.5, 0.6) is 0 Å². The molecule has 0 aromatic heterocycles. The van der Waals surface area contributed by atoms with Gasteiger partial charge in [-0.2, -0.15) is 0 Å². The standard InChI is InChI=1S/C61H64O16/c1-63-59-54(65-33-39-22-10-3-11-23-39)52(49-45(70-59)36-68-57(74-49)42-28-16-6-17-29-42)77-61-55(66-34-40-24-12-4-13-25-40)53(50-46(72-61)37-69-58(75-50)43-30-18-7-19-31-43)76-60-51(64-32-38-20-8-2-9-21-38)47(62)48-44(71-60)35-67-56(73-48)41-26-14-5-15-27-41/h2-31,44-62H,32-37H2,1H3/t44-,45-,46-,47+,48-,49-,50-,51+,52+,53+,54+,55+,56?,57?,58?,59-,60+,61+/m1/s1. The lowest BCUT2D eigenvalue weighted by Gasteiger charge is -2.54. The van der Waals surface area contributed by atoms with Gasteiger partial charge in [0.05, 0.1) is 39.6 Å². The lowest BCUT2D eigenvalue weighted by Crippen LogP contribution is -2.69. The maximum atomic E-state index is 12.6. The summed E-state index contributed by atoms with van der Waals surface area (Å²) in [7, 11) is 1.57. The number of hydrogen-bond acceptors (Lipinski definition) is 16. The maximum Gasteiger partial charge on any atom is 0.187 e. The highest BCUT2D eigenvalue weighted by atomic mass is 16.8. The first-order valence-electron chi connectivity index (χ1n) is 26.4. The molecule has 0 amide bonds. The first-order chi connectivity index (χ1) is 38.0. The predicted molar refractivity (Wildman–Crippen MR) is 274 cm³/mol. The third-order valence-corrected chi connectivity index (χ3v) is 14.8. The number of hydrogen-bond donors (Lipinski definition) is 1. The number of aliphatic hydroxyl groups is 1. The van der Waals surface area contributed by atoms with Crippen molar-refractivity contribution in [1.82, 2.24) is 0 Å². The van der Waals surface area contributed by atoms with Crippen LogP contribution in [0.15, 0.2) is 182 Å². The summed E-state index contributed by atoms with van der Waals surface area (Å²) in [4.78, 5) is 0. The molecular formula is C61H64O16. The minimum absolute atomic E-state index is 0.0829. The van der Waals surface area contributed by atoms with Crippen molar-refractivity contribution >= 4 is 0 Å². The molecule has 6 heterocycles. The zero-order valence-corrected chi connectivity index (χ0v) is 42.5. The van der Waals surface area contributed by atoms with Crippen molar-refractivity contribution < 1.29 is 76.2 Å². The van der Waals surface area contributed by atoms with Gasteiger partial charge < -0.3 is 76.2 Å². The molecule has 6 saturated heterocycles. The molecule has 12 rings (SSSR count). The molecule has 6 aromatic rings. The Morgan fingerprint density at radius 2 is 0.675 bits per heavy atom. The molecular weight excluding hydrogens is 989 g/mol. The van der Waals surface area contributed by atoms with Crippen LogP contribution in [0.25, 0.3) is 0 Å². The summed E-state index contributed by atoms with van der Waals surface area (Å²) >= 11 is 0. The highest BCUT2D eigenvalue weighted by molar-refractivity contribution is 5.21. The normalized spacial score (nSPS) is 35.0. The largest absolute Gasteiger partial charge is 0.387 e. The number of aliphatic hydroxyl groups excluding tert-OH is 1. The number of methoxy groups -OCH3 is 1. The lowest BCUT2D eigenvalue weighted by molar-refractivity contribution is -0.426. The predicted octanol–water partition coefficient (Wildman–Crippen LogP) is 8.04. The van der Waals surface area contributed by atoms with Crippen molar-refractivity contribution in [2.75, 3.05) is 26.9 Å². The van der Waals surface area contributed by atoms with Gasteiger partial charge >= 0.3 is 0 Å². The minimum atomic E-state index is -1.24. The van der Waals surface area contributed by atoms with Gasteiger partial charge in [0.15, 0.2) is 37.7 Å². The first kappa shape index (κ1) is 52.4. The Labute approximate surface area is 447 Å². The maximum absolute atomic E-state index is 12.6. The number of ether oxygens (including phenoxy) is 15. The Kier molecular flexibility index (Phi) is 16.9. The van der Waals surface area contributed by atoms with E-state index in [0.717, 1.165) is 33.4 Å². The zero-order valence-electron chi connectivity index (χ0n) is 42.5. The molecule has 16 heteroatoms. The molecule has 0 aliphatic carbocycles. The Hall–Kier alpha value is -5.32. The van der Waals surface area contributed by atoms with Crippen LogP contribution in [-0.4, -0.2) is 124 Å². The van der Waals surface area contributed by atoms with Crippen LogP contribution in [0.2, 0.25) is 0 Å². The molecule has 6 aliphatic rings. The SMILES string of the molecule is CO[C@@H]1O[C@@H]2COC(c3ccccc3)O[C@H]2[C@H](O[C@@H]2O[C@@H]3COC(c4ccccc4)O[C@H]3[C@H](O[C@@H]3O[C@@H]4COC(c5ccccc5)O[C@H]4[C@H](O)[C@@H]3OCc3ccccc3)[C@@H]2OCc2ccccc2)[C@@H]1OCc1ccccc1. The summed E-state index contributed by atoms with van der Waals surface area (Å²) in [5, 5.41) is 12.6. The Morgan fingerprint density at radius 1 is 0.364 bits per heavy atom. The Bertz CT molecular complexity index is 2710. The molecule has 1 N–H and O–H groups in total. The molecule has 0 radical (unpaired) electrons. The lowest BCUT2D eigenvalue weighted by atomic mass is 9.94. The molecule has 0 spiro atoms. The van der Waals surface area contributed by atoms with Crippen molar-refractivity contribution in [2.24, 2.45) is 0 Å². The van der Waals surface area contributed by atoms with E-state index in [1.807, 2.05) is 182 Å². The molecule has 3 unspecified atom stereocenters. The average Bonchev–Trinajstić information content (AvgIpc) is 3.56. The smallest absolute Gasteiger partial charge is 0.187 e. The van der Waals surface area contributed by atoms with E-state index in [9.17, 15) is 5.11 Å². The van der Waals surface area contributed by atoms with E-state index in [2.05, 4.69) is 0 Å². The molecule has 0 bridgehead atoms. The second-order valence-corrected chi connectivity index (χ2v) is 19.9. The van der Waals surface area contributed by atoms with Crippen molar-refractivity contribution in [3.8, 4) is 0 Å². The second-order valence-electron chi connectivity index (χ2n) is 19.9. The molecule has 404 valence electrons. The van der Waals surface area contributed by atoms with Gasteiger partial charge in [0, 0.05) is 23.8 Å². The van der Waals surface area contributed by atoms with Crippen molar-refractivity contribution in [3.05, 3.63) is 215 Å². The number of benzene rings is 6. The second kappa shape index (κ2) is 24.8. The van der Waals surface area contributed by atoms with E-state index in [0.29, 0.717) is 0 Å². The van der Waals surface area contributed by atoms with Crippen LogP contribution in [0.4, 0.5) is 0 Å². The molecule has 6 aromatic carbocycles.